The number of benzene rings is 1. The molecule has 128 valence electrons. The molecule has 0 aliphatic heterocycles. The molecule has 0 unspecified atom stereocenters. The molecule has 0 fully saturated rings. The van der Waals surface area contributed by atoms with Gasteiger partial charge >= 0.3 is 0 Å². The van der Waals surface area contributed by atoms with Crippen LogP contribution in [0.3, 0.4) is 0 Å². The Balaban J connectivity index is 2.65. The first-order valence-corrected chi connectivity index (χ1v) is 8.81. The molecule has 1 aromatic carbocycles. The van der Waals surface area contributed by atoms with Gasteiger partial charge in [0.1, 0.15) is 5.92 Å². The third-order valence-corrected chi connectivity index (χ3v) is 3.82. The van der Waals surface area contributed by atoms with Crippen LogP contribution in [0, 0.1) is 0 Å². The monoisotopic (exact) mass is 318 g/mol. The van der Waals surface area contributed by atoms with Crippen LogP contribution >= 0.6 is 0 Å². The van der Waals surface area contributed by atoms with Crippen LogP contribution in [0.4, 0.5) is 0 Å². The van der Waals surface area contributed by atoms with Crippen molar-refractivity contribution in [3.8, 4) is 0 Å². The molecule has 4 nitrogen and oxygen atoms in total. The average Bonchev–Trinajstić information content (AvgIpc) is 2.57. The van der Waals surface area contributed by atoms with E-state index < -0.39 is 5.92 Å². The maximum absolute atomic E-state index is 12.5. The second-order valence-corrected chi connectivity index (χ2v) is 5.84. The standard InChI is InChI=1S/C19H30N2O2/c1-3-5-10-14-20-18(22)17(16-12-8-7-9-13-16)19(23)21-15-11-6-4-2/h7-9,12-13,17H,3-6,10-11,14-15H2,1-2H3,(H,20,22)(H,21,23). The van der Waals surface area contributed by atoms with Crippen LogP contribution in [-0.4, -0.2) is 24.9 Å². The Labute approximate surface area is 140 Å². The third kappa shape index (κ3) is 7.31. The van der Waals surface area contributed by atoms with Gasteiger partial charge in [0.25, 0.3) is 0 Å². The van der Waals surface area contributed by atoms with Crippen molar-refractivity contribution in [2.75, 3.05) is 13.1 Å². The number of nitrogens with one attached hydrogen (secondary N) is 2. The molecule has 0 spiro atoms. The summed E-state index contributed by atoms with van der Waals surface area (Å²) < 4.78 is 0. The summed E-state index contributed by atoms with van der Waals surface area (Å²) >= 11 is 0. The largest absolute Gasteiger partial charge is 0.355 e. The van der Waals surface area contributed by atoms with Crippen LogP contribution in [0.5, 0.6) is 0 Å². The number of amides is 2. The molecule has 0 atom stereocenters. The predicted octanol–water partition coefficient (Wildman–Crippen LogP) is 3.38. The zero-order valence-corrected chi connectivity index (χ0v) is 14.4. The Hall–Kier alpha value is -1.84. The van der Waals surface area contributed by atoms with Crippen LogP contribution in [0.25, 0.3) is 0 Å². The Bertz CT molecular complexity index is 436. The van der Waals surface area contributed by atoms with Crippen LogP contribution in [-0.2, 0) is 9.59 Å². The molecular formula is C19H30N2O2. The van der Waals surface area contributed by atoms with Crippen molar-refractivity contribution in [3.05, 3.63) is 35.9 Å². The molecule has 1 rings (SSSR count). The van der Waals surface area contributed by atoms with Gasteiger partial charge in [-0.2, -0.15) is 0 Å². The lowest BCUT2D eigenvalue weighted by Crippen LogP contribution is -2.40. The summed E-state index contributed by atoms with van der Waals surface area (Å²) in [5.74, 6) is -1.18. The van der Waals surface area contributed by atoms with E-state index in [0.29, 0.717) is 13.1 Å². The second-order valence-electron chi connectivity index (χ2n) is 5.84. The minimum atomic E-state index is -0.764. The van der Waals surface area contributed by atoms with Gasteiger partial charge in [-0.3, -0.25) is 9.59 Å². The lowest BCUT2D eigenvalue weighted by Gasteiger charge is -2.17. The number of carbonyl (C=O) groups excluding carboxylic acids is 2. The maximum Gasteiger partial charge on any atom is 0.237 e. The van der Waals surface area contributed by atoms with Crippen molar-refractivity contribution < 1.29 is 9.59 Å². The van der Waals surface area contributed by atoms with E-state index in [4.69, 9.17) is 0 Å². The Morgan fingerprint density at radius 3 is 1.74 bits per heavy atom. The van der Waals surface area contributed by atoms with Gasteiger partial charge in [0.05, 0.1) is 0 Å². The lowest BCUT2D eigenvalue weighted by molar-refractivity contribution is -0.131. The van der Waals surface area contributed by atoms with Crippen molar-refractivity contribution in [3.63, 3.8) is 0 Å². The average molecular weight is 318 g/mol. The van der Waals surface area contributed by atoms with E-state index in [1.165, 1.54) is 0 Å². The van der Waals surface area contributed by atoms with Crippen molar-refractivity contribution in [1.29, 1.82) is 0 Å². The molecule has 0 aliphatic rings. The minimum absolute atomic E-state index is 0.208. The molecule has 2 amide bonds. The van der Waals surface area contributed by atoms with Gasteiger partial charge in [-0.1, -0.05) is 69.9 Å². The molecule has 0 aromatic heterocycles. The van der Waals surface area contributed by atoms with E-state index in [1.807, 2.05) is 30.3 Å². The van der Waals surface area contributed by atoms with Crippen molar-refractivity contribution >= 4 is 11.8 Å². The quantitative estimate of drug-likeness (QED) is 0.485. The Morgan fingerprint density at radius 1 is 0.826 bits per heavy atom. The van der Waals surface area contributed by atoms with E-state index in [0.717, 1.165) is 44.1 Å². The Kier molecular flexibility index (Phi) is 9.76. The normalized spacial score (nSPS) is 10.6. The van der Waals surface area contributed by atoms with Gasteiger partial charge in [0, 0.05) is 13.1 Å². The van der Waals surface area contributed by atoms with Crippen molar-refractivity contribution in [2.45, 2.75) is 58.3 Å². The molecule has 2 N–H and O–H groups in total. The smallest absolute Gasteiger partial charge is 0.237 e. The summed E-state index contributed by atoms with van der Waals surface area (Å²) in [4.78, 5) is 24.9. The predicted molar refractivity (Wildman–Crippen MR) is 94.3 cm³/mol. The highest BCUT2D eigenvalue weighted by molar-refractivity contribution is 6.05. The number of rotatable bonds is 11. The van der Waals surface area contributed by atoms with Crippen LogP contribution in [0.15, 0.2) is 30.3 Å². The Morgan fingerprint density at radius 2 is 1.30 bits per heavy atom. The van der Waals surface area contributed by atoms with Gasteiger partial charge in [0.2, 0.25) is 11.8 Å². The summed E-state index contributed by atoms with van der Waals surface area (Å²) in [6, 6.07) is 9.27. The van der Waals surface area contributed by atoms with E-state index in [2.05, 4.69) is 24.5 Å². The summed E-state index contributed by atoms with van der Waals surface area (Å²) in [6.45, 7) is 5.49. The van der Waals surface area contributed by atoms with Gasteiger partial charge in [-0.05, 0) is 18.4 Å². The highest BCUT2D eigenvalue weighted by Crippen LogP contribution is 2.16. The highest BCUT2D eigenvalue weighted by Gasteiger charge is 2.27. The van der Waals surface area contributed by atoms with Crippen LogP contribution < -0.4 is 10.6 Å². The summed E-state index contributed by atoms with van der Waals surface area (Å²) in [5.41, 5.74) is 0.744. The van der Waals surface area contributed by atoms with E-state index in [9.17, 15) is 9.59 Å². The zero-order chi connectivity index (χ0) is 16.9. The topological polar surface area (TPSA) is 58.2 Å². The molecule has 0 radical (unpaired) electrons. The van der Waals surface area contributed by atoms with Gasteiger partial charge < -0.3 is 10.6 Å². The lowest BCUT2D eigenvalue weighted by atomic mass is 9.97. The molecule has 0 saturated carbocycles. The van der Waals surface area contributed by atoms with Crippen molar-refractivity contribution in [2.24, 2.45) is 0 Å². The van der Waals surface area contributed by atoms with E-state index in [1.54, 1.807) is 0 Å². The first-order chi connectivity index (χ1) is 11.2. The SMILES string of the molecule is CCCCCNC(=O)C(C(=O)NCCCCC)c1ccccc1. The fraction of sp³-hybridized carbons (Fsp3) is 0.579. The third-order valence-electron chi connectivity index (χ3n) is 3.82. The van der Waals surface area contributed by atoms with E-state index in [-0.39, 0.29) is 11.8 Å². The summed E-state index contributed by atoms with van der Waals surface area (Å²) in [6.07, 6.45) is 6.27. The first-order valence-electron chi connectivity index (χ1n) is 8.81. The molecular weight excluding hydrogens is 288 g/mol. The maximum atomic E-state index is 12.5. The molecule has 23 heavy (non-hydrogen) atoms. The molecule has 1 aromatic rings. The van der Waals surface area contributed by atoms with Gasteiger partial charge in [-0.15, -0.1) is 0 Å². The summed E-state index contributed by atoms with van der Waals surface area (Å²) in [7, 11) is 0. The molecule has 0 saturated heterocycles. The van der Waals surface area contributed by atoms with Gasteiger partial charge in [0.15, 0.2) is 0 Å². The number of unbranched alkanes of at least 4 members (excludes halogenated alkanes) is 4. The van der Waals surface area contributed by atoms with Crippen LogP contribution in [0.1, 0.15) is 63.9 Å². The highest BCUT2D eigenvalue weighted by atomic mass is 16.2. The second kappa shape index (κ2) is 11.7. The number of carbonyl (C=O) groups is 2. The minimum Gasteiger partial charge on any atom is -0.355 e. The molecule has 0 aliphatic carbocycles. The molecule has 4 heteroatoms. The van der Waals surface area contributed by atoms with Crippen molar-refractivity contribution in [1.82, 2.24) is 10.6 Å². The molecule has 0 heterocycles. The zero-order valence-electron chi connectivity index (χ0n) is 14.4. The van der Waals surface area contributed by atoms with E-state index >= 15 is 0 Å². The number of hydrogen-bond donors (Lipinski definition) is 2. The van der Waals surface area contributed by atoms with Crippen LogP contribution in [0.2, 0.25) is 0 Å². The summed E-state index contributed by atoms with van der Waals surface area (Å²) in [5, 5.41) is 5.80. The molecule has 0 bridgehead atoms. The number of hydrogen-bond acceptors (Lipinski definition) is 2. The van der Waals surface area contributed by atoms with Gasteiger partial charge in [-0.25, -0.2) is 0 Å². The fourth-order valence-corrected chi connectivity index (χ4v) is 2.44. The first kappa shape index (κ1) is 19.2. The fourth-order valence-electron chi connectivity index (χ4n) is 2.44.